The van der Waals surface area contributed by atoms with E-state index in [1.807, 2.05) is 6.92 Å². The number of hydrogen-bond donors (Lipinski definition) is 2. The third-order valence-corrected chi connectivity index (χ3v) is 4.78. The molecule has 2 rings (SSSR count). The molecule has 1 aromatic rings. The summed E-state index contributed by atoms with van der Waals surface area (Å²) in [7, 11) is -3.52. The molecule has 3 N–H and O–H groups in total. The molecule has 7 heteroatoms. The van der Waals surface area contributed by atoms with Crippen LogP contribution in [-0.4, -0.2) is 40.7 Å². The average Bonchev–Trinajstić information content (AvgIpc) is 2.45. The number of nitrogens with two attached hydrogens (primary N) is 1. The molecule has 0 aromatic heterocycles. The van der Waals surface area contributed by atoms with E-state index < -0.39 is 10.0 Å². The molecule has 1 aliphatic heterocycles. The van der Waals surface area contributed by atoms with Gasteiger partial charge in [0.1, 0.15) is 11.9 Å². The Bertz CT molecular complexity index is 589. The van der Waals surface area contributed by atoms with E-state index in [9.17, 15) is 8.42 Å². The molecule has 0 amide bonds. The number of fused-ring (bicyclic) bond motifs is 1. The molecule has 0 saturated heterocycles. The maximum Gasteiger partial charge on any atom is 0.240 e. The van der Waals surface area contributed by atoms with Crippen molar-refractivity contribution in [1.82, 2.24) is 4.72 Å². The van der Waals surface area contributed by atoms with Gasteiger partial charge in [0.15, 0.2) is 0 Å². The highest BCUT2D eigenvalue weighted by Crippen LogP contribution is 2.35. The minimum atomic E-state index is -3.52. The zero-order chi connectivity index (χ0) is 15.5. The van der Waals surface area contributed by atoms with Crippen LogP contribution in [0.4, 0.5) is 5.69 Å². The van der Waals surface area contributed by atoms with Crippen LogP contribution in [0.3, 0.4) is 0 Å². The SMILES string of the molecule is CCCN1CC(C)Oc2ccc(S(=O)(=O)NCCN)cc21. The number of sulfonamides is 1. The summed E-state index contributed by atoms with van der Waals surface area (Å²) >= 11 is 0. The van der Waals surface area contributed by atoms with Crippen LogP contribution in [-0.2, 0) is 10.0 Å². The third-order valence-electron chi connectivity index (χ3n) is 3.32. The Labute approximate surface area is 126 Å². The van der Waals surface area contributed by atoms with Crippen LogP contribution in [0.1, 0.15) is 20.3 Å². The van der Waals surface area contributed by atoms with Gasteiger partial charge in [0.2, 0.25) is 10.0 Å². The second-order valence-corrected chi connectivity index (χ2v) is 6.96. The minimum absolute atomic E-state index is 0.0990. The standard InChI is InChI=1S/C14H23N3O3S/c1-3-8-17-10-11(2)20-14-5-4-12(9-13(14)17)21(18,19)16-7-6-15/h4-5,9,11,16H,3,6-8,10,15H2,1-2H3. The summed E-state index contributed by atoms with van der Waals surface area (Å²) in [6.45, 7) is 6.25. The summed E-state index contributed by atoms with van der Waals surface area (Å²) in [5, 5.41) is 0. The molecule has 1 aliphatic rings. The lowest BCUT2D eigenvalue weighted by molar-refractivity contribution is 0.212. The molecule has 0 bridgehead atoms. The van der Waals surface area contributed by atoms with Crippen molar-refractivity contribution >= 4 is 15.7 Å². The highest BCUT2D eigenvalue weighted by atomic mass is 32.2. The summed E-state index contributed by atoms with van der Waals surface area (Å²) in [4.78, 5) is 2.42. The Morgan fingerprint density at radius 2 is 2.24 bits per heavy atom. The smallest absolute Gasteiger partial charge is 0.240 e. The number of hydrogen-bond acceptors (Lipinski definition) is 5. The Hall–Kier alpha value is -1.31. The number of anilines is 1. The summed E-state index contributed by atoms with van der Waals surface area (Å²) < 4.78 is 32.6. The fourth-order valence-electron chi connectivity index (χ4n) is 2.43. The van der Waals surface area contributed by atoms with E-state index in [4.69, 9.17) is 10.5 Å². The van der Waals surface area contributed by atoms with Crippen LogP contribution in [0, 0.1) is 0 Å². The summed E-state index contributed by atoms with van der Waals surface area (Å²) in [6, 6.07) is 4.97. The average molecular weight is 313 g/mol. The lowest BCUT2D eigenvalue weighted by Crippen LogP contribution is -2.39. The number of benzene rings is 1. The first-order valence-electron chi connectivity index (χ1n) is 7.23. The lowest BCUT2D eigenvalue weighted by atomic mass is 10.2. The highest BCUT2D eigenvalue weighted by molar-refractivity contribution is 7.89. The van der Waals surface area contributed by atoms with Gasteiger partial charge in [-0.25, -0.2) is 13.1 Å². The fourth-order valence-corrected chi connectivity index (χ4v) is 3.50. The topological polar surface area (TPSA) is 84.7 Å². The molecule has 118 valence electrons. The molecule has 1 unspecified atom stereocenters. The highest BCUT2D eigenvalue weighted by Gasteiger charge is 2.25. The summed E-state index contributed by atoms with van der Waals surface area (Å²) in [6.07, 6.45) is 1.09. The van der Waals surface area contributed by atoms with Crippen molar-refractivity contribution < 1.29 is 13.2 Å². The van der Waals surface area contributed by atoms with Gasteiger partial charge in [-0.15, -0.1) is 0 Å². The van der Waals surface area contributed by atoms with Crippen LogP contribution < -0.4 is 20.1 Å². The first-order valence-corrected chi connectivity index (χ1v) is 8.71. The molecule has 0 aliphatic carbocycles. The van der Waals surface area contributed by atoms with Crippen LogP contribution in [0.15, 0.2) is 23.1 Å². The number of nitrogens with one attached hydrogen (secondary N) is 1. The Morgan fingerprint density at radius 1 is 1.48 bits per heavy atom. The molecular weight excluding hydrogens is 290 g/mol. The molecule has 0 spiro atoms. The van der Waals surface area contributed by atoms with Gasteiger partial charge in [-0.1, -0.05) is 6.92 Å². The number of nitrogens with zero attached hydrogens (tertiary/aromatic N) is 1. The van der Waals surface area contributed by atoms with Crippen molar-refractivity contribution in [2.24, 2.45) is 5.73 Å². The first kappa shape index (κ1) is 16.1. The van der Waals surface area contributed by atoms with Gasteiger partial charge >= 0.3 is 0 Å². The van der Waals surface area contributed by atoms with E-state index in [-0.39, 0.29) is 24.1 Å². The minimum Gasteiger partial charge on any atom is -0.487 e. The van der Waals surface area contributed by atoms with Gasteiger partial charge < -0.3 is 15.4 Å². The van der Waals surface area contributed by atoms with Gasteiger partial charge in [-0.05, 0) is 31.5 Å². The van der Waals surface area contributed by atoms with E-state index in [1.54, 1.807) is 18.2 Å². The zero-order valence-electron chi connectivity index (χ0n) is 12.5. The predicted octanol–water partition coefficient (Wildman–Crippen LogP) is 0.921. The molecule has 0 radical (unpaired) electrons. The van der Waals surface area contributed by atoms with Gasteiger partial charge in [-0.2, -0.15) is 0 Å². The molecule has 1 aromatic carbocycles. The van der Waals surface area contributed by atoms with Crippen molar-refractivity contribution in [3.05, 3.63) is 18.2 Å². The first-order chi connectivity index (χ1) is 9.97. The van der Waals surface area contributed by atoms with Crippen molar-refractivity contribution in [2.75, 3.05) is 31.1 Å². The molecule has 0 saturated carbocycles. The van der Waals surface area contributed by atoms with Crippen LogP contribution >= 0.6 is 0 Å². The molecule has 1 atom stereocenters. The summed E-state index contributed by atoms with van der Waals surface area (Å²) in [5.41, 5.74) is 6.18. The van der Waals surface area contributed by atoms with E-state index >= 15 is 0 Å². The van der Waals surface area contributed by atoms with Crippen molar-refractivity contribution in [1.29, 1.82) is 0 Å². The van der Waals surface area contributed by atoms with Gasteiger partial charge in [0.05, 0.1) is 17.1 Å². The maximum atomic E-state index is 12.2. The lowest BCUT2D eigenvalue weighted by Gasteiger charge is -2.35. The van der Waals surface area contributed by atoms with Gasteiger partial charge in [-0.3, -0.25) is 0 Å². The monoisotopic (exact) mass is 313 g/mol. The third kappa shape index (κ3) is 3.66. The predicted molar refractivity (Wildman–Crippen MR) is 83.3 cm³/mol. The van der Waals surface area contributed by atoms with Crippen LogP contribution in [0.5, 0.6) is 5.75 Å². The molecule has 1 heterocycles. The summed E-state index contributed by atoms with van der Waals surface area (Å²) in [5.74, 6) is 0.736. The Balaban J connectivity index is 2.35. The van der Waals surface area contributed by atoms with E-state index in [1.165, 1.54) is 0 Å². The fraction of sp³-hybridized carbons (Fsp3) is 0.571. The normalized spacial score (nSPS) is 18.2. The molecular formula is C14H23N3O3S. The van der Waals surface area contributed by atoms with E-state index in [0.717, 1.165) is 30.9 Å². The quantitative estimate of drug-likeness (QED) is 0.816. The van der Waals surface area contributed by atoms with Gasteiger partial charge in [0.25, 0.3) is 0 Å². The van der Waals surface area contributed by atoms with Gasteiger partial charge in [0, 0.05) is 19.6 Å². The second kappa shape index (κ2) is 6.64. The molecule has 21 heavy (non-hydrogen) atoms. The van der Waals surface area contributed by atoms with E-state index in [2.05, 4.69) is 16.5 Å². The van der Waals surface area contributed by atoms with E-state index in [0.29, 0.717) is 0 Å². The van der Waals surface area contributed by atoms with Crippen LogP contribution in [0.25, 0.3) is 0 Å². The molecule has 0 fully saturated rings. The second-order valence-electron chi connectivity index (χ2n) is 5.19. The van der Waals surface area contributed by atoms with Crippen molar-refractivity contribution in [3.63, 3.8) is 0 Å². The number of rotatable bonds is 6. The maximum absolute atomic E-state index is 12.2. The molecule has 6 nitrogen and oxygen atoms in total. The largest absolute Gasteiger partial charge is 0.487 e. The number of ether oxygens (including phenoxy) is 1. The van der Waals surface area contributed by atoms with Crippen LogP contribution in [0.2, 0.25) is 0 Å². The Morgan fingerprint density at radius 3 is 2.90 bits per heavy atom. The van der Waals surface area contributed by atoms with Crippen molar-refractivity contribution in [3.8, 4) is 5.75 Å². The zero-order valence-corrected chi connectivity index (χ0v) is 13.3. The van der Waals surface area contributed by atoms with Crippen molar-refractivity contribution in [2.45, 2.75) is 31.3 Å². The Kier molecular flexibility index (Phi) is 5.08.